The maximum atomic E-state index is 12.4. The molecule has 6 nitrogen and oxygen atoms in total. The van der Waals surface area contributed by atoms with Gasteiger partial charge in [0.25, 0.3) is 0 Å². The molecule has 0 aromatic heterocycles. The molecule has 4 atom stereocenters. The Morgan fingerprint density at radius 2 is 1.87 bits per heavy atom. The summed E-state index contributed by atoms with van der Waals surface area (Å²) in [5.74, 6) is -2.86. The third-order valence-corrected chi connectivity index (χ3v) is 5.05. The molecule has 1 aliphatic rings. The van der Waals surface area contributed by atoms with Crippen molar-refractivity contribution in [3.05, 3.63) is 30.3 Å². The number of aliphatic hydroxyl groups is 1. The van der Waals surface area contributed by atoms with Crippen molar-refractivity contribution in [2.75, 3.05) is 6.54 Å². The average Bonchev–Trinajstić information content (AvgIpc) is 2.49. The quantitative estimate of drug-likeness (QED) is 0.599. The van der Waals surface area contributed by atoms with Gasteiger partial charge in [0.1, 0.15) is 6.54 Å². The summed E-state index contributed by atoms with van der Waals surface area (Å²) in [5.41, 5.74) is 0. The van der Waals surface area contributed by atoms with Gasteiger partial charge in [-0.2, -0.15) is 0 Å². The highest BCUT2D eigenvalue weighted by Crippen LogP contribution is 2.37. The van der Waals surface area contributed by atoms with Gasteiger partial charge in [0.05, 0.1) is 18.1 Å². The molecule has 0 spiro atoms. The van der Waals surface area contributed by atoms with Crippen LogP contribution in [0.4, 0.5) is 0 Å². The molecule has 1 aromatic rings. The first-order valence-electron chi connectivity index (χ1n) is 7.30. The first-order valence-corrected chi connectivity index (χ1v) is 8.11. The molecule has 0 unspecified atom stereocenters. The fourth-order valence-electron chi connectivity index (χ4n) is 2.83. The molecule has 1 aromatic carbocycles. The first-order chi connectivity index (χ1) is 10.8. The van der Waals surface area contributed by atoms with Crippen LogP contribution in [0, 0.1) is 11.8 Å². The molecule has 0 bridgehead atoms. The zero-order valence-corrected chi connectivity index (χ0v) is 13.7. The van der Waals surface area contributed by atoms with Crippen molar-refractivity contribution < 1.29 is 24.6 Å². The number of rotatable bonds is 6. The summed E-state index contributed by atoms with van der Waals surface area (Å²) in [4.78, 5) is 37.3. The van der Waals surface area contributed by atoms with E-state index in [1.54, 1.807) is 6.92 Å². The fraction of sp³-hybridized carbons (Fsp3) is 0.438. The van der Waals surface area contributed by atoms with Crippen LogP contribution in [0.3, 0.4) is 0 Å². The van der Waals surface area contributed by atoms with E-state index in [9.17, 15) is 19.5 Å². The van der Waals surface area contributed by atoms with Crippen LogP contribution in [0.2, 0.25) is 0 Å². The van der Waals surface area contributed by atoms with Gasteiger partial charge in [-0.1, -0.05) is 36.9 Å². The van der Waals surface area contributed by atoms with Crippen LogP contribution in [0.15, 0.2) is 35.2 Å². The topological polar surface area (TPSA) is 94.9 Å². The normalized spacial score (nSPS) is 23.1. The minimum atomic E-state index is -1.14. The summed E-state index contributed by atoms with van der Waals surface area (Å²) in [5, 5.41) is 18.5. The number of β-lactam (4-membered cyclic amide) rings is 1. The molecule has 2 rings (SSSR count). The van der Waals surface area contributed by atoms with Gasteiger partial charge in [-0.05, 0) is 19.1 Å². The summed E-state index contributed by atoms with van der Waals surface area (Å²) < 4.78 is 0. The standard InChI is InChI=1S/C16H19NO5S/c1-9(16(22)23-11-6-4-3-5-7-11)14-13(10(2)18)15(21)17(14)8-12(19)20/h3-7,9-10,13-14,18H,8H2,1-2H3,(H,19,20)/t9-,10-,13-,14-/m1/s1. The van der Waals surface area contributed by atoms with Gasteiger partial charge >= 0.3 is 5.97 Å². The summed E-state index contributed by atoms with van der Waals surface area (Å²) in [7, 11) is 0. The van der Waals surface area contributed by atoms with Crippen LogP contribution in [0.25, 0.3) is 0 Å². The van der Waals surface area contributed by atoms with E-state index in [0.29, 0.717) is 0 Å². The minimum Gasteiger partial charge on any atom is -0.480 e. The van der Waals surface area contributed by atoms with E-state index >= 15 is 0 Å². The minimum absolute atomic E-state index is 0.158. The lowest BCUT2D eigenvalue weighted by Crippen LogP contribution is -2.68. The second kappa shape index (κ2) is 7.14. The molecule has 23 heavy (non-hydrogen) atoms. The van der Waals surface area contributed by atoms with Crippen molar-refractivity contribution in [1.82, 2.24) is 4.90 Å². The van der Waals surface area contributed by atoms with Gasteiger partial charge in [0, 0.05) is 10.8 Å². The number of hydrogen-bond donors (Lipinski definition) is 2. The molecular formula is C16H19NO5S. The van der Waals surface area contributed by atoms with Crippen molar-refractivity contribution in [3.8, 4) is 0 Å². The largest absolute Gasteiger partial charge is 0.480 e. The number of amides is 1. The van der Waals surface area contributed by atoms with Crippen LogP contribution < -0.4 is 0 Å². The summed E-state index contributed by atoms with van der Waals surface area (Å²) >= 11 is 1.06. The summed E-state index contributed by atoms with van der Waals surface area (Å²) in [6.07, 6.45) is -0.922. The number of aliphatic hydroxyl groups excluding tert-OH is 1. The third kappa shape index (κ3) is 3.73. The lowest BCUT2D eigenvalue weighted by Gasteiger charge is -2.49. The van der Waals surface area contributed by atoms with Gasteiger partial charge in [-0.15, -0.1) is 0 Å². The van der Waals surface area contributed by atoms with E-state index in [1.807, 2.05) is 30.3 Å². The van der Waals surface area contributed by atoms with Gasteiger partial charge in [-0.3, -0.25) is 14.4 Å². The number of aliphatic carboxylic acids is 1. The molecule has 1 saturated heterocycles. The number of carbonyl (C=O) groups is 3. The number of thioether (sulfide) groups is 1. The fourth-order valence-corrected chi connectivity index (χ4v) is 3.69. The smallest absolute Gasteiger partial charge is 0.323 e. The molecule has 1 fully saturated rings. The molecule has 0 aliphatic carbocycles. The lowest BCUT2D eigenvalue weighted by atomic mass is 9.77. The number of benzene rings is 1. The average molecular weight is 337 g/mol. The Kier molecular flexibility index (Phi) is 5.43. The Morgan fingerprint density at radius 1 is 1.26 bits per heavy atom. The second-order valence-electron chi connectivity index (χ2n) is 5.64. The second-order valence-corrected chi connectivity index (χ2v) is 6.72. The summed E-state index contributed by atoms with van der Waals surface area (Å²) in [6, 6.07) is 8.51. The van der Waals surface area contributed by atoms with Crippen LogP contribution in [-0.2, 0) is 14.4 Å². The highest BCUT2D eigenvalue weighted by molar-refractivity contribution is 8.13. The maximum absolute atomic E-state index is 12.4. The maximum Gasteiger partial charge on any atom is 0.323 e. The zero-order valence-electron chi connectivity index (χ0n) is 12.9. The highest BCUT2D eigenvalue weighted by atomic mass is 32.2. The van der Waals surface area contributed by atoms with Crippen molar-refractivity contribution in [1.29, 1.82) is 0 Å². The Labute approximate surface area is 138 Å². The van der Waals surface area contributed by atoms with Gasteiger partial charge in [0.2, 0.25) is 5.91 Å². The van der Waals surface area contributed by atoms with Crippen LogP contribution >= 0.6 is 11.8 Å². The van der Waals surface area contributed by atoms with E-state index in [-0.39, 0.29) is 5.12 Å². The predicted octanol–water partition coefficient (Wildman–Crippen LogP) is 1.23. The Hall–Kier alpha value is -1.86. The van der Waals surface area contributed by atoms with Gasteiger partial charge in [0.15, 0.2) is 5.12 Å². The zero-order chi connectivity index (χ0) is 17.1. The van der Waals surface area contributed by atoms with Crippen molar-refractivity contribution in [3.63, 3.8) is 0 Å². The SMILES string of the molecule is C[C@@H](O)[C@H]1C(=O)N(CC(=O)O)[C@@H]1[C@@H](C)C(=O)Sc1ccccc1. The Balaban J connectivity index is 2.13. The highest BCUT2D eigenvalue weighted by Gasteiger charge is 2.53. The number of carboxylic acids is 1. The molecule has 7 heteroatoms. The molecule has 1 amide bonds. The number of nitrogens with zero attached hydrogens (tertiary/aromatic N) is 1. The van der Waals surface area contributed by atoms with Gasteiger partial charge in [-0.25, -0.2) is 0 Å². The molecule has 2 N–H and O–H groups in total. The number of likely N-dealkylation sites (tertiary alicyclic amines) is 1. The van der Waals surface area contributed by atoms with Crippen LogP contribution in [-0.4, -0.2) is 50.8 Å². The molecular weight excluding hydrogens is 318 g/mol. The Morgan fingerprint density at radius 3 is 2.39 bits per heavy atom. The number of carboxylic acid groups (broad SMARTS) is 1. The van der Waals surface area contributed by atoms with E-state index in [2.05, 4.69) is 0 Å². The van der Waals surface area contributed by atoms with E-state index in [0.717, 1.165) is 21.6 Å². The van der Waals surface area contributed by atoms with Crippen molar-refractivity contribution in [2.24, 2.45) is 11.8 Å². The number of hydrogen-bond acceptors (Lipinski definition) is 5. The predicted molar refractivity (Wildman–Crippen MR) is 84.8 cm³/mol. The van der Waals surface area contributed by atoms with Crippen molar-refractivity contribution >= 4 is 28.8 Å². The van der Waals surface area contributed by atoms with E-state index in [4.69, 9.17) is 5.11 Å². The van der Waals surface area contributed by atoms with E-state index in [1.165, 1.54) is 6.92 Å². The molecule has 0 radical (unpaired) electrons. The van der Waals surface area contributed by atoms with Crippen molar-refractivity contribution in [2.45, 2.75) is 30.9 Å². The van der Waals surface area contributed by atoms with E-state index < -0.39 is 42.4 Å². The monoisotopic (exact) mass is 337 g/mol. The van der Waals surface area contributed by atoms with Crippen LogP contribution in [0.5, 0.6) is 0 Å². The molecule has 1 aliphatic heterocycles. The van der Waals surface area contributed by atoms with Crippen LogP contribution in [0.1, 0.15) is 13.8 Å². The molecule has 1 heterocycles. The first kappa shape index (κ1) is 17.5. The van der Waals surface area contributed by atoms with Gasteiger partial charge < -0.3 is 15.1 Å². The summed E-state index contributed by atoms with van der Waals surface area (Å²) in [6.45, 7) is 2.69. The molecule has 0 saturated carbocycles. The number of carbonyl (C=O) groups excluding carboxylic acids is 2. The molecule has 124 valence electrons. The lowest BCUT2D eigenvalue weighted by molar-refractivity contribution is -0.173. The third-order valence-electron chi connectivity index (χ3n) is 3.97. The Bertz CT molecular complexity index is 604.